The van der Waals surface area contributed by atoms with E-state index in [4.69, 9.17) is 5.11 Å². The first-order valence-electron chi connectivity index (χ1n) is 6.67. The van der Waals surface area contributed by atoms with E-state index in [2.05, 4.69) is 13.8 Å². The van der Waals surface area contributed by atoms with Gasteiger partial charge in [-0.2, -0.15) is 0 Å². The highest BCUT2D eigenvalue weighted by molar-refractivity contribution is 8.00. The van der Waals surface area contributed by atoms with Gasteiger partial charge >= 0.3 is 0 Å². The fourth-order valence-corrected chi connectivity index (χ4v) is 2.97. The van der Waals surface area contributed by atoms with Crippen LogP contribution in [0.25, 0.3) is 0 Å². The van der Waals surface area contributed by atoms with E-state index in [0.717, 1.165) is 12.8 Å². The Morgan fingerprint density at radius 1 is 1.35 bits per heavy atom. The average Bonchev–Trinajstić information content (AvgIpc) is 2.34. The summed E-state index contributed by atoms with van der Waals surface area (Å²) in [5.74, 6) is 0.749. The summed E-state index contributed by atoms with van der Waals surface area (Å²) in [5, 5.41) is 9.58. The first kappa shape index (κ1) is 14.8. The standard InChI is InChI=1S/C13H25NO2S/c1-11(2)17-10-13(16)14(8-9-15)12-6-4-3-5-7-12/h11-12,15H,3-10H2,1-2H3. The van der Waals surface area contributed by atoms with E-state index in [1.165, 1.54) is 19.3 Å². The quantitative estimate of drug-likeness (QED) is 0.795. The van der Waals surface area contributed by atoms with Gasteiger partial charge in [-0.25, -0.2) is 0 Å². The van der Waals surface area contributed by atoms with Crippen molar-refractivity contribution in [1.29, 1.82) is 0 Å². The third-order valence-corrected chi connectivity index (χ3v) is 4.30. The van der Waals surface area contributed by atoms with Crippen molar-refractivity contribution in [2.45, 2.75) is 57.2 Å². The van der Waals surface area contributed by atoms with E-state index in [9.17, 15) is 4.79 Å². The van der Waals surface area contributed by atoms with E-state index in [1.807, 2.05) is 4.90 Å². The molecule has 0 unspecified atom stereocenters. The van der Waals surface area contributed by atoms with Crippen LogP contribution in [0.3, 0.4) is 0 Å². The molecule has 1 saturated carbocycles. The van der Waals surface area contributed by atoms with Gasteiger partial charge in [-0.15, -0.1) is 11.8 Å². The van der Waals surface area contributed by atoms with Crippen LogP contribution < -0.4 is 0 Å². The van der Waals surface area contributed by atoms with E-state index in [1.54, 1.807) is 11.8 Å². The maximum Gasteiger partial charge on any atom is 0.232 e. The maximum absolute atomic E-state index is 12.1. The number of carbonyl (C=O) groups is 1. The van der Waals surface area contributed by atoms with E-state index >= 15 is 0 Å². The number of aliphatic hydroxyl groups excluding tert-OH is 1. The lowest BCUT2D eigenvalue weighted by Gasteiger charge is -2.34. The van der Waals surface area contributed by atoms with Crippen LogP contribution in [-0.4, -0.2) is 46.1 Å². The van der Waals surface area contributed by atoms with Gasteiger partial charge in [0.05, 0.1) is 12.4 Å². The molecule has 0 radical (unpaired) electrons. The predicted molar refractivity (Wildman–Crippen MR) is 73.3 cm³/mol. The van der Waals surface area contributed by atoms with Crippen molar-refractivity contribution < 1.29 is 9.90 Å². The number of carbonyl (C=O) groups excluding carboxylic acids is 1. The van der Waals surface area contributed by atoms with Gasteiger partial charge in [-0.3, -0.25) is 4.79 Å². The largest absolute Gasteiger partial charge is 0.395 e. The highest BCUT2D eigenvalue weighted by Gasteiger charge is 2.24. The van der Waals surface area contributed by atoms with Crippen LogP contribution in [0.4, 0.5) is 0 Å². The zero-order valence-corrected chi connectivity index (χ0v) is 11.8. The van der Waals surface area contributed by atoms with Crippen molar-refractivity contribution in [3.63, 3.8) is 0 Å². The van der Waals surface area contributed by atoms with Gasteiger partial charge in [-0.1, -0.05) is 33.1 Å². The molecule has 0 saturated heterocycles. The van der Waals surface area contributed by atoms with Gasteiger partial charge in [0.25, 0.3) is 0 Å². The minimum atomic E-state index is 0.0780. The topological polar surface area (TPSA) is 40.5 Å². The molecule has 0 aliphatic heterocycles. The molecule has 0 spiro atoms. The Labute approximate surface area is 109 Å². The second-order valence-electron chi connectivity index (χ2n) is 4.96. The fraction of sp³-hybridized carbons (Fsp3) is 0.923. The number of hydrogen-bond donors (Lipinski definition) is 1. The van der Waals surface area contributed by atoms with Crippen molar-refractivity contribution in [3.05, 3.63) is 0 Å². The molecule has 4 heteroatoms. The Kier molecular flexibility index (Phi) is 6.97. The molecule has 0 aromatic carbocycles. The summed E-state index contributed by atoms with van der Waals surface area (Å²) < 4.78 is 0. The Bertz CT molecular complexity index is 227. The molecule has 1 fully saturated rings. The summed E-state index contributed by atoms with van der Waals surface area (Å²) in [6.07, 6.45) is 5.95. The third-order valence-electron chi connectivity index (χ3n) is 3.22. The zero-order valence-electron chi connectivity index (χ0n) is 11.0. The summed E-state index contributed by atoms with van der Waals surface area (Å²) >= 11 is 1.68. The minimum Gasteiger partial charge on any atom is -0.395 e. The Balaban J connectivity index is 2.47. The SMILES string of the molecule is CC(C)SCC(=O)N(CCO)C1CCCCC1. The molecule has 1 N–H and O–H groups in total. The lowest BCUT2D eigenvalue weighted by atomic mass is 9.94. The molecule has 100 valence electrons. The molecule has 0 heterocycles. The normalized spacial score (nSPS) is 17.4. The molecule has 0 atom stereocenters. The molecule has 0 aromatic rings. The lowest BCUT2D eigenvalue weighted by molar-refractivity contribution is -0.131. The van der Waals surface area contributed by atoms with Crippen molar-refractivity contribution in [3.8, 4) is 0 Å². The van der Waals surface area contributed by atoms with E-state index in [-0.39, 0.29) is 12.5 Å². The van der Waals surface area contributed by atoms with Crippen LogP contribution >= 0.6 is 11.8 Å². The smallest absolute Gasteiger partial charge is 0.232 e. The van der Waals surface area contributed by atoms with Gasteiger partial charge < -0.3 is 10.0 Å². The van der Waals surface area contributed by atoms with Crippen LogP contribution in [0, 0.1) is 0 Å². The first-order chi connectivity index (χ1) is 8.15. The summed E-state index contributed by atoms with van der Waals surface area (Å²) in [5.41, 5.74) is 0. The molecule has 1 amide bonds. The zero-order chi connectivity index (χ0) is 12.7. The Morgan fingerprint density at radius 3 is 2.53 bits per heavy atom. The highest BCUT2D eigenvalue weighted by Crippen LogP contribution is 2.23. The van der Waals surface area contributed by atoms with Crippen LogP contribution in [0.2, 0.25) is 0 Å². The summed E-state index contributed by atoms with van der Waals surface area (Å²) in [6, 6.07) is 0.371. The molecular formula is C13H25NO2S. The molecule has 17 heavy (non-hydrogen) atoms. The number of thioether (sulfide) groups is 1. The van der Waals surface area contributed by atoms with Crippen molar-refractivity contribution in [1.82, 2.24) is 4.90 Å². The second kappa shape index (κ2) is 7.98. The first-order valence-corrected chi connectivity index (χ1v) is 7.72. The molecular weight excluding hydrogens is 234 g/mol. The number of nitrogens with zero attached hydrogens (tertiary/aromatic N) is 1. The minimum absolute atomic E-state index is 0.0780. The fourth-order valence-electron chi connectivity index (χ4n) is 2.33. The maximum atomic E-state index is 12.1. The summed E-state index contributed by atoms with van der Waals surface area (Å²) in [6.45, 7) is 4.79. The molecule has 0 aromatic heterocycles. The van der Waals surface area contributed by atoms with Crippen molar-refractivity contribution >= 4 is 17.7 Å². The van der Waals surface area contributed by atoms with Crippen molar-refractivity contribution in [2.24, 2.45) is 0 Å². The number of hydrogen-bond acceptors (Lipinski definition) is 3. The van der Waals surface area contributed by atoms with E-state index < -0.39 is 0 Å². The number of aliphatic hydroxyl groups is 1. The van der Waals surface area contributed by atoms with Crippen LogP contribution in [0.1, 0.15) is 46.0 Å². The molecule has 1 rings (SSSR count). The molecule has 1 aliphatic rings. The van der Waals surface area contributed by atoms with Gasteiger partial charge in [0.15, 0.2) is 0 Å². The van der Waals surface area contributed by atoms with E-state index in [0.29, 0.717) is 23.6 Å². The van der Waals surface area contributed by atoms with Crippen LogP contribution in [0.5, 0.6) is 0 Å². The van der Waals surface area contributed by atoms with Crippen LogP contribution in [0.15, 0.2) is 0 Å². The molecule has 1 aliphatic carbocycles. The molecule has 0 bridgehead atoms. The van der Waals surface area contributed by atoms with Gasteiger partial charge in [-0.05, 0) is 18.1 Å². The summed E-state index contributed by atoms with van der Waals surface area (Å²) in [4.78, 5) is 14.0. The average molecular weight is 259 g/mol. The highest BCUT2D eigenvalue weighted by atomic mass is 32.2. The monoisotopic (exact) mass is 259 g/mol. The predicted octanol–water partition coefficient (Wildman–Crippen LogP) is 2.28. The van der Waals surface area contributed by atoms with Gasteiger partial charge in [0, 0.05) is 12.6 Å². The third kappa shape index (κ3) is 5.30. The Hall–Kier alpha value is -0.220. The lowest BCUT2D eigenvalue weighted by Crippen LogP contribution is -2.44. The van der Waals surface area contributed by atoms with Crippen LogP contribution in [-0.2, 0) is 4.79 Å². The van der Waals surface area contributed by atoms with Crippen molar-refractivity contribution in [2.75, 3.05) is 18.9 Å². The number of rotatable bonds is 6. The van der Waals surface area contributed by atoms with Gasteiger partial charge in [0.1, 0.15) is 0 Å². The number of amides is 1. The Morgan fingerprint density at radius 2 is 2.00 bits per heavy atom. The summed E-state index contributed by atoms with van der Waals surface area (Å²) in [7, 11) is 0. The van der Waals surface area contributed by atoms with Gasteiger partial charge in [0.2, 0.25) is 5.91 Å². The molecule has 3 nitrogen and oxygen atoms in total. The second-order valence-corrected chi connectivity index (χ2v) is 6.53.